The molecular weight excluding hydrogens is 256 g/mol. The van der Waals surface area contributed by atoms with Gasteiger partial charge in [0.25, 0.3) is 5.69 Å². The Morgan fingerprint density at radius 3 is 2.35 bits per heavy atom. The third kappa shape index (κ3) is 2.83. The van der Waals surface area contributed by atoms with Crippen molar-refractivity contribution in [3.05, 3.63) is 64.7 Å². The van der Waals surface area contributed by atoms with E-state index in [-0.39, 0.29) is 11.6 Å². The molecule has 102 valence electrons. The summed E-state index contributed by atoms with van der Waals surface area (Å²) in [6, 6.07) is 15.2. The molecule has 0 radical (unpaired) electrons. The van der Waals surface area contributed by atoms with Gasteiger partial charge in [0.1, 0.15) is 0 Å². The first kappa shape index (κ1) is 13.7. The number of hydrogen-bond acceptors (Lipinski definition) is 3. The van der Waals surface area contributed by atoms with Gasteiger partial charge in [0.05, 0.1) is 10.6 Å². The van der Waals surface area contributed by atoms with E-state index in [1.807, 2.05) is 18.2 Å². The summed E-state index contributed by atoms with van der Waals surface area (Å²) in [6.07, 6.45) is 0.317. The van der Waals surface area contributed by atoms with Crippen molar-refractivity contribution in [2.75, 3.05) is 4.90 Å². The SMILES string of the molecule is CCC(=O)N(c1ccccc1)c1cccc([N+](=O)[O-])c1. The molecule has 0 bridgehead atoms. The van der Waals surface area contributed by atoms with Crippen LogP contribution in [0.1, 0.15) is 13.3 Å². The van der Waals surface area contributed by atoms with E-state index in [2.05, 4.69) is 0 Å². The topological polar surface area (TPSA) is 63.5 Å². The lowest BCUT2D eigenvalue weighted by Crippen LogP contribution is -2.24. The summed E-state index contributed by atoms with van der Waals surface area (Å²) in [5.74, 6) is -0.114. The first-order valence-corrected chi connectivity index (χ1v) is 6.26. The van der Waals surface area contributed by atoms with E-state index in [9.17, 15) is 14.9 Å². The monoisotopic (exact) mass is 270 g/mol. The molecule has 0 aliphatic rings. The zero-order valence-corrected chi connectivity index (χ0v) is 11.0. The number of amides is 1. The first-order valence-electron chi connectivity index (χ1n) is 6.26. The van der Waals surface area contributed by atoms with E-state index >= 15 is 0 Å². The highest BCUT2D eigenvalue weighted by Crippen LogP contribution is 2.28. The molecule has 5 nitrogen and oxygen atoms in total. The number of anilines is 2. The Balaban J connectivity index is 2.50. The van der Waals surface area contributed by atoms with Gasteiger partial charge in [-0.05, 0) is 18.2 Å². The maximum atomic E-state index is 12.2. The lowest BCUT2D eigenvalue weighted by atomic mass is 10.2. The van der Waals surface area contributed by atoms with Crippen molar-refractivity contribution in [2.24, 2.45) is 0 Å². The maximum Gasteiger partial charge on any atom is 0.271 e. The molecule has 0 aliphatic heterocycles. The molecule has 2 aromatic carbocycles. The van der Waals surface area contributed by atoms with E-state index in [0.717, 1.165) is 0 Å². The van der Waals surface area contributed by atoms with Crippen LogP contribution in [0.2, 0.25) is 0 Å². The average molecular weight is 270 g/mol. The molecule has 0 fully saturated rings. The molecule has 0 saturated carbocycles. The number of non-ortho nitro benzene ring substituents is 1. The summed E-state index contributed by atoms with van der Waals surface area (Å²) in [4.78, 5) is 24.0. The lowest BCUT2D eigenvalue weighted by molar-refractivity contribution is -0.384. The summed E-state index contributed by atoms with van der Waals surface area (Å²) in [5, 5.41) is 10.9. The Morgan fingerprint density at radius 1 is 1.10 bits per heavy atom. The number of rotatable bonds is 4. The van der Waals surface area contributed by atoms with Crippen molar-refractivity contribution in [1.82, 2.24) is 0 Å². The second-order valence-electron chi connectivity index (χ2n) is 4.20. The number of carbonyl (C=O) groups excluding carboxylic acids is 1. The van der Waals surface area contributed by atoms with Crippen molar-refractivity contribution in [3.63, 3.8) is 0 Å². The molecule has 0 aliphatic carbocycles. The number of nitro groups is 1. The van der Waals surface area contributed by atoms with Gasteiger partial charge in [-0.1, -0.05) is 31.2 Å². The standard InChI is InChI=1S/C15H14N2O3/c1-2-15(18)16(12-7-4-3-5-8-12)13-9-6-10-14(11-13)17(19)20/h3-11H,2H2,1H3. The van der Waals surface area contributed by atoms with Gasteiger partial charge in [0, 0.05) is 24.2 Å². The first-order chi connectivity index (χ1) is 9.63. The fourth-order valence-corrected chi connectivity index (χ4v) is 1.92. The molecule has 0 unspecified atom stereocenters. The van der Waals surface area contributed by atoms with Crippen LogP contribution in [0.3, 0.4) is 0 Å². The molecular formula is C15H14N2O3. The number of carbonyl (C=O) groups is 1. The van der Waals surface area contributed by atoms with Crippen LogP contribution in [-0.2, 0) is 4.79 Å². The highest BCUT2D eigenvalue weighted by Gasteiger charge is 2.18. The molecule has 5 heteroatoms. The van der Waals surface area contributed by atoms with E-state index in [1.165, 1.54) is 17.0 Å². The Kier molecular flexibility index (Phi) is 4.10. The molecule has 0 N–H and O–H groups in total. The Labute approximate surface area is 116 Å². The molecule has 2 rings (SSSR count). The van der Waals surface area contributed by atoms with E-state index in [0.29, 0.717) is 17.8 Å². The number of nitro benzene ring substituents is 1. The van der Waals surface area contributed by atoms with Crippen LogP contribution in [0, 0.1) is 10.1 Å². The van der Waals surface area contributed by atoms with Gasteiger partial charge in [0.15, 0.2) is 0 Å². The molecule has 20 heavy (non-hydrogen) atoms. The summed E-state index contributed by atoms with van der Waals surface area (Å²) >= 11 is 0. The summed E-state index contributed by atoms with van der Waals surface area (Å²) in [5.41, 5.74) is 1.16. The average Bonchev–Trinajstić information content (AvgIpc) is 2.48. The third-order valence-electron chi connectivity index (χ3n) is 2.86. The Hall–Kier alpha value is -2.69. The van der Waals surface area contributed by atoms with Gasteiger partial charge < -0.3 is 0 Å². The second kappa shape index (κ2) is 5.97. The van der Waals surface area contributed by atoms with Gasteiger partial charge in [-0.15, -0.1) is 0 Å². The minimum absolute atomic E-state index is 0.0349. The van der Waals surface area contributed by atoms with Crippen LogP contribution in [0.15, 0.2) is 54.6 Å². The normalized spacial score (nSPS) is 10.1. The van der Waals surface area contributed by atoms with Crippen LogP contribution in [-0.4, -0.2) is 10.8 Å². The molecule has 0 saturated heterocycles. The van der Waals surface area contributed by atoms with Gasteiger partial charge >= 0.3 is 0 Å². The highest BCUT2D eigenvalue weighted by molar-refractivity contribution is 6.00. The summed E-state index contributed by atoms with van der Waals surface area (Å²) in [6.45, 7) is 1.76. The molecule has 0 atom stereocenters. The van der Waals surface area contributed by atoms with Crippen molar-refractivity contribution in [2.45, 2.75) is 13.3 Å². The van der Waals surface area contributed by atoms with Gasteiger partial charge in [0.2, 0.25) is 5.91 Å². The predicted octanol–water partition coefficient (Wildman–Crippen LogP) is 3.67. The van der Waals surface area contributed by atoms with Crippen LogP contribution in [0.4, 0.5) is 17.1 Å². The van der Waals surface area contributed by atoms with E-state index in [1.54, 1.807) is 31.2 Å². The number of para-hydroxylation sites is 1. The summed E-state index contributed by atoms with van der Waals surface area (Å²) < 4.78 is 0. The molecule has 1 amide bonds. The van der Waals surface area contributed by atoms with Crippen LogP contribution in [0.5, 0.6) is 0 Å². The lowest BCUT2D eigenvalue weighted by Gasteiger charge is -2.22. The van der Waals surface area contributed by atoms with E-state index < -0.39 is 4.92 Å². The van der Waals surface area contributed by atoms with Crippen molar-refractivity contribution in [1.29, 1.82) is 0 Å². The van der Waals surface area contributed by atoms with Crippen LogP contribution in [0.25, 0.3) is 0 Å². The highest BCUT2D eigenvalue weighted by atomic mass is 16.6. The minimum atomic E-state index is -0.469. The van der Waals surface area contributed by atoms with Crippen LogP contribution < -0.4 is 4.90 Å². The minimum Gasteiger partial charge on any atom is -0.281 e. The predicted molar refractivity (Wildman–Crippen MR) is 77.0 cm³/mol. The molecule has 2 aromatic rings. The van der Waals surface area contributed by atoms with Crippen LogP contribution >= 0.6 is 0 Å². The Morgan fingerprint density at radius 2 is 1.75 bits per heavy atom. The fourth-order valence-electron chi connectivity index (χ4n) is 1.92. The summed E-state index contributed by atoms with van der Waals surface area (Å²) in [7, 11) is 0. The number of hydrogen-bond donors (Lipinski definition) is 0. The fraction of sp³-hybridized carbons (Fsp3) is 0.133. The van der Waals surface area contributed by atoms with Crippen molar-refractivity contribution in [3.8, 4) is 0 Å². The largest absolute Gasteiger partial charge is 0.281 e. The second-order valence-corrected chi connectivity index (χ2v) is 4.20. The Bertz CT molecular complexity index is 626. The maximum absolute atomic E-state index is 12.2. The number of nitrogens with zero attached hydrogens (tertiary/aromatic N) is 2. The quantitative estimate of drug-likeness (QED) is 0.629. The molecule has 0 heterocycles. The zero-order chi connectivity index (χ0) is 14.5. The van der Waals surface area contributed by atoms with Gasteiger partial charge in [-0.3, -0.25) is 19.8 Å². The third-order valence-corrected chi connectivity index (χ3v) is 2.86. The van der Waals surface area contributed by atoms with Gasteiger partial charge in [-0.25, -0.2) is 0 Å². The molecule has 0 aromatic heterocycles. The van der Waals surface area contributed by atoms with Gasteiger partial charge in [-0.2, -0.15) is 0 Å². The van der Waals surface area contributed by atoms with Crippen molar-refractivity contribution >= 4 is 23.0 Å². The zero-order valence-electron chi connectivity index (χ0n) is 11.0. The van der Waals surface area contributed by atoms with E-state index in [4.69, 9.17) is 0 Å². The molecule has 0 spiro atoms. The number of benzene rings is 2. The van der Waals surface area contributed by atoms with Crippen molar-refractivity contribution < 1.29 is 9.72 Å². The smallest absolute Gasteiger partial charge is 0.271 e.